The molecule has 4 heteroatoms. The van der Waals surface area contributed by atoms with Crippen molar-refractivity contribution in [1.82, 2.24) is 4.98 Å². The Morgan fingerprint density at radius 2 is 2.06 bits per heavy atom. The lowest BCUT2D eigenvalue weighted by Gasteiger charge is -2.27. The standard InChI is InChI=1S/C12H19BrNOSi/c1-12(2,16(3)4)9-15-8-10-6-5-7-11(13)14-10/h5-7H,8-9H2,1-4H3. The minimum Gasteiger partial charge on any atom is -0.375 e. The Morgan fingerprint density at radius 1 is 1.38 bits per heavy atom. The largest absolute Gasteiger partial charge is 0.375 e. The summed E-state index contributed by atoms with van der Waals surface area (Å²) in [5.41, 5.74) is 0.978. The van der Waals surface area contributed by atoms with Crippen molar-refractivity contribution in [2.75, 3.05) is 6.61 Å². The van der Waals surface area contributed by atoms with Crippen LogP contribution in [0.5, 0.6) is 0 Å². The van der Waals surface area contributed by atoms with Gasteiger partial charge in [-0.05, 0) is 33.1 Å². The topological polar surface area (TPSA) is 22.1 Å². The summed E-state index contributed by atoms with van der Waals surface area (Å²) in [6.07, 6.45) is 0. The third-order valence-electron chi connectivity index (χ3n) is 2.84. The summed E-state index contributed by atoms with van der Waals surface area (Å²) >= 11 is 3.36. The number of hydrogen-bond acceptors (Lipinski definition) is 2. The molecular formula is C12H19BrNOSi. The van der Waals surface area contributed by atoms with E-state index < -0.39 is 0 Å². The van der Waals surface area contributed by atoms with Gasteiger partial charge in [-0.25, -0.2) is 4.98 Å². The summed E-state index contributed by atoms with van der Waals surface area (Å²) in [6, 6.07) is 5.89. The van der Waals surface area contributed by atoms with Gasteiger partial charge in [0.05, 0.1) is 21.1 Å². The van der Waals surface area contributed by atoms with Crippen LogP contribution >= 0.6 is 15.9 Å². The number of aromatic nitrogens is 1. The molecule has 0 bridgehead atoms. The first-order chi connectivity index (χ1) is 7.42. The first-order valence-corrected chi connectivity index (χ1v) is 8.71. The van der Waals surface area contributed by atoms with Crippen molar-refractivity contribution in [2.45, 2.75) is 38.6 Å². The zero-order chi connectivity index (χ0) is 12.2. The molecule has 0 aromatic carbocycles. The second-order valence-corrected chi connectivity index (χ2v) is 8.99. The zero-order valence-corrected chi connectivity index (χ0v) is 13.0. The Kier molecular flexibility index (Phi) is 5.15. The molecule has 16 heavy (non-hydrogen) atoms. The quantitative estimate of drug-likeness (QED) is 0.608. The maximum atomic E-state index is 5.74. The number of hydrogen-bond donors (Lipinski definition) is 0. The lowest BCUT2D eigenvalue weighted by molar-refractivity contribution is 0.0982. The van der Waals surface area contributed by atoms with Crippen LogP contribution in [0.2, 0.25) is 18.1 Å². The Bertz CT molecular complexity index is 342. The predicted octanol–water partition coefficient (Wildman–Crippen LogP) is 3.90. The van der Waals surface area contributed by atoms with Gasteiger partial charge in [0.25, 0.3) is 0 Å². The molecule has 0 aliphatic carbocycles. The van der Waals surface area contributed by atoms with Crippen molar-refractivity contribution < 1.29 is 4.74 Å². The van der Waals surface area contributed by atoms with E-state index in [4.69, 9.17) is 4.74 Å². The van der Waals surface area contributed by atoms with Gasteiger partial charge >= 0.3 is 0 Å². The fourth-order valence-corrected chi connectivity index (χ4v) is 1.86. The first kappa shape index (κ1) is 13.9. The molecule has 1 aromatic rings. The molecule has 0 saturated heterocycles. The fourth-order valence-electron chi connectivity index (χ4n) is 1.09. The maximum Gasteiger partial charge on any atom is 0.106 e. The number of ether oxygens (including phenoxy) is 1. The van der Waals surface area contributed by atoms with E-state index in [0.717, 1.165) is 16.9 Å². The SMILES string of the molecule is C[Si](C)C(C)(C)COCc1cccc(Br)n1. The lowest BCUT2D eigenvalue weighted by Crippen LogP contribution is -2.26. The molecule has 0 fully saturated rings. The molecule has 0 aliphatic heterocycles. The van der Waals surface area contributed by atoms with E-state index in [1.54, 1.807) is 0 Å². The van der Waals surface area contributed by atoms with Crippen molar-refractivity contribution in [3.63, 3.8) is 0 Å². The molecule has 0 unspecified atom stereocenters. The summed E-state index contributed by atoms with van der Waals surface area (Å²) in [6.45, 7) is 10.6. The number of rotatable bonds is 5. The number of pyridine rings is 1. The predicted molar refractivity (Wildman–Crippen MR) is 73.1 cm³/mol. The van der Waals surface area contributed by atoms with E-state index in [-0.39, 0.29) is 8.80 Å². The molecule has 0 atom stereocenters. The summed E-state index contributed by atoms with van der Waals surface area (Å²) < 4.78 is 6.61. The van der Waals surface area contributed by atoms with Gasteiger partial charge in [0.2, 0.25) is 0 Å². The molecule has 1 aromatic heterocycles. The molecular weight excluding hydrogens is 282 g/mol. The van der Waals surface area contributed by atoms with E-state index in [9.17, 15) is 0 Å². The molecule has 1 heterocycles. The second kappa shape index (κ2) is 5.94. The highest BCUT2D eigenvalue weighted by molar-refractivity contribution is 9.10. The highest BCUT2D eigenvalue weighted by Gasteiger charge is 2.23. The fraction of sp³-hybridized carbons (Fsp3) is 0.583. The van der Waals surface area contributed by atoms with Crippen LogP contribution in [0.15, 0.2) is 22.8 Å². The van der Waals surface area contributed by atoms with E-state index >= 15 is 0 Å². The molecule has 89 valence electrons. The van der Waals surface area contributed by atoms with Gasteiger partial charge in [-0.1, -0.05) is 33.0 Å². The molecule has 0 aliphatic rings. The van der Waals surface area contributed by atoms with Crippen LogP contribution in [0.1, 0.15) is 19.5 Å². The van der Waals surface area contributed by atoms with E-state index in [1.165, 1.54) is 0 Å². The highest BCUT2D eigenvalue weighted by Crippen LogP contribution is 2.28. The van der Waals surface area contributed by atoms with Crippen molar-refractivity contribution >= 4 is 24.7 Å². The van der Waals surface area contributed by atoms with Crippen LogP contribution in [0.3, 0.4) is 0 Å². The van der Waals surface area contributed by atoms with Gasteiger partial charge in [-0.15, -0.1) is 0 Å². The van der Waals surface area contributed by atoms with Crippen molar-refractivity contribution in [3.05, 3.63) is 28.5 Å². The molecule has 0 saturated carbocycles. The van der Waals surface area contributed by atoms with Crippen LogP contribution in [-0.4, -0.2) is 20.4 Å². The van der Waals surface area contributed by atoms with Crippen LogP contribution in [0, 0.1) is 0 Å². The minimum absolute atomic E-state index is 0.316. The molecule has 1 radical (unpaired) electrons. The van der Waals surface area contributed by atoms with E-state index in [1.807, 2.05) is 18.2 Å². The molecule has 0 spiro atoms. The van der Waals surface area contributed by atoms with E-state index in [2.05, 4.69) is 47.9 Å². The average molecular weight is 301 g/mol. The lowest BCUT2D eigenvalue weighted by atomic mass is 10.2. The highest BCUT2D eigenvalue weighted by atomic mass is 79.9. The van der Waals surface area contributed by atoms with Crippen molar-refractivity contribution in [2.24, 2.45) is 0 Å². The monoisotopic (exact) mass is 300 g/mol. The van der Waals surface area contributed by atoms with Gasteiger partial charge in [0.1, 0.15) is 4.60 Å². The Balaban J connectivity index is 2.42. The molecule has 1 rings (SSSR count). The summed E-state index contributed by atoms with van der Waals surface area (Å²) in [7, 11) is -0.327. The van der Waals surface area contributed by atoms with Gasteiger partial charge in [-0.2, -0.15) is 0 Å². The van der Waals surface area contributed by atoms with Gasteiger partial charge in [0, 0.05) is 6.61 Å². The van der Waals surface area contributed by atoms with Crippen LogP contribution < -0.4 is 0 Å². The number of halogens is 1. The Labute approximate surface area is 108 Å². The Morgan fingerprint density at radius 3 is 2.62 bits per heavy atom. The number of nitrogens with zero attached hydrogens (tertiary/aromatic N) is 1. The van der Waals surface area contributed by atoms with Crippen molar-refractivity contribution in [1.29, 1.82) is 0 Å². The molecule has 0 N–H and O–H groups in total. The third-order valence-corrected chi connectivity index (χ3v) is 6.13. The average Bonchev–Trinajstić information content (AvgIpc) is 2.17. The van der Waals surface area contributed by atoms with Crippen LogP contribution in [0.25, 0.3) is 0 Å². The van der Waals surface area contributed by atoms with Crippen LogP contribution in [0.4, 0.5) is 0 Å². The zero-order valence-electron chi connectivity index (χ0n) is 10.4. The van der Waals surface area contributed by atoms with Gasteiger partial charge in [0.15, 0.2) is 0 Å². The third kappa shape index (κ3) is 4.35. The van der Waals surface area contributed by atoms with Gasteiger partial charge in [-0.3, -0.25) is 0 Å². The summed E-state index contributed by atoms with van der Waals surface area (Å²) in [5, 5.41) is 0.316. The first-order valence-electron chi connectivity index (χ1n) is 5.41. The summed E-state index contributed by atoms with van der Waals surface area (Å²) in [4.78, 5) is 4.34. The summed E-state index contributed by atoms with van der Waals surface area (Å²) in [5.74, 6) is 0. The molecule has 0 amide bonds. The van der Waals surface area contributed by atoms with Gasteiger partial charge < -0.3 is 4.74 Å². The van der Waals surface area contributed by atoms with E-state index in [0.29, 0.717) is 11.6 Å². The molecule has 2 nitrogen and oxygen atoms in total. The Hall–Kier alpha value is -0.193. The normalized spacial score (nSPS) is 12.1. The maximum absolute atomic E-state index is 5.74. The minimum atomic E-state index is -0.327. The second-order valence-electron chi connectivity index (χ2n) is 4.83. The van der Waals surface area contributed by atoms with Crippen LogP contribution in [-0.2, 0) is 11.3 Å². The smallest absolute Gasteiger partial charge is 0.106 e. The van der Waals surface area contributed by atoms with Crippen molar-refractivity contribution in [3.8, 4) is 0 Å².